The van der Waals surface area contributed by atoms with Gasteiger partial charge in [-0.2, -0.15) is 0 Å². The van der Waals surface area contributed by atoms with Crippen LogP contribution < -0.4 is 16.0 Å². The largest absolute Gasteiger partial charge is 0.425 e. The molecule has 0 spiro atoms. The maximum atomic E-state index is 12.6. The molecular weight excluding hydrogens is 468 g/mol. The summed E-state index contributed by atoms with van der Waals surface area (Å²) in [6, 6.07) is 20.0. The summed E-state index contributed by atoms with van der Waals surface area (Å²) in [7, 11) is -3.41. The third-order valence-corrected chi connectivity index (χ3v) is 6.72. The molecule has 1 atom stereocenters. The quantitative estimate of drug-likeness (QED) is 0.353. The Morgan fingerprint density at radius 3 is 2.49 bits per heavy atom. The average Bonchev–Trinajstić information content (AvgIpc) is 3.18. The maximum Gasteiger partial charge on any atom is 0.413 e. The van der Waals surface area contributed by atoms with E-state index in [4.69, 9.17) is 15.9 Å². The van der Waals surface area contributed by atoms with Crippen LogP contribution in [0.25, 0.3) is 11.1 Å². The van der Waals surface area contributed by atoms with Crippen LogP contribution in [0.15, 0.2) is 77.7 Å². The predicted octanol–water partition coefficient (Wildman–Crippen LogP) is 3.74. The molecule has 4 N–H and O–H groups in total. The topological polar surface area (TPSA) is 143 Å². The number of hydrogen-bond donors (Lipinski definition) is 3. The van der Waals surface area contributed by atoms with Gasteiger partial charge >= 0.3 is 6.09 Å². The molecule has 3 aromatic rings. The molecule has 0 bridgehead atoms. The predicted molar refractivity (Wildman–Crippen MR) is 133 cm³/mol. The molecular formula is C25H24N4O5S. The minimum Gasteiger partial charge on any atom is -0.425 e. The molecule has 1 aliphatic rings. The number of anilines is 2. The van der Waals surface area contributed by atoms with Crippen LogP contribution >= 0.6 is 0 Å². The number of ether oxygens (including phenoxy) is 1. The lowest BCUT2D eigenvalue weighted by molar-refractivity contribution is -0.117. The van der Waals surface area contributed by atoms with Crippen LogP contribution in [0, 0.1) is 5.41 Å². The highest BCUT2D eigenvalue weighted by molar-refractivity contribution is 7.90. The summed E-state index contributed by atoms with van der Waals surface area (Å²) < 4.78 is 29.7. The fourth-order valence-electron chi connectivity index (χ4n) is 3.93. The lowest BCUT2D eigenvalue weighted by Gasteiger charge is -2.25. The summed E-state index contributed by atoms with van der Waals surface area (Å²) >= 11 is 0. The number of hydrogen-bond acceptors (Lipinski definition) is 6. The first-order chi connectivity index (χ1) is 16.6. The molecule has 9 nitrogen and oxygen atoms in total. The van der Waals surface area contributed by atoms with Gasteiger partial charge in [0.2, 0.25) is 5.91 Å². The Bertz CT molecular complexity index is 1400. The van der Waals surface area contributed by atoms with Crippen molar-refractivity contribution in [3.63, 3.8) is 0 Å². The van der Waals surface area contributed by atoms with Gasteiger partial charge in [-0.3, -0.25) is 20.4 Å². The van der Waals surface area contributed by atoms with E-state index in [0.717, 1.165) is 6.26 Å². The molecule has 1 fully saturated rings. The van der Waals surface area contributed by atoms with Crippen LogP contribution in [0.1, 0.15) is 18.4 Å². The normalized spacial score (nSPS) is 15.6. The van der Waals surface area contributed by atoms with Gasteiger partial charge in [0.05, 0.1) is 4.90 Å². The van der Waals surface area contributed by atoms with Crippen molar-refractivity contribution in [2.24, 2.45) is 5.73 Å². The molecule has 2 amide bonds. The second kappa shape index (κ2) is 9.59. The van der Waals surface area contributed by atoms with Crippen LogP contribution in [-0.2, 0) is 19.4 Å². The summed E-state index contributed by atoms with van der Waals surface area (Å²) in [5.74, 6) is -0.325. The zero-order valence-electron chi connectivity index (χ0n) is 18.9. The van der Waals surface area contributed by atoms with Crippen LogP contribution in [-0.4, -0.2) is 38.7 Å². The van der Waals surface area contributed by atoms with Gasteiger partial charge in [-0.1, -0.05) is 42.5 Å². The molecule has 10 heteroatoms. The monoisotopic (exact) mass is 492 g/mol. The van der Waals surface area contributed by atoms with Gasteiger partial charge in [0.1, 0.15) is 5.84 Å². The highest BCUT2D eigenvalue weighted by Crippen LogP contribution is 2.30. The van der Waals surface area contributed by atoms with Gasteiger partial charge < -0.3 is 10.5 Å². The molecule has 4 rings (SSSR count). The first-order valence-corrected chi connectivity index (χ1v) is 12.7. The van der Waals surface area contributed by atoms with Crippen molar-refractivity contribution in [1.29, 1.82) is 5.41 Å². The van der Waals surface area contributed by atoms with Crippen molar-refractivity contribution < 1.29 is 22.7 Å². The fourth-order valence-corrected chi connectivity index (χ4v) is 4.85. The Morgan fingerprint density at radius 2 is 1.80 bits per heavy atom. The second-order valence-electron chi connectivity index (χ2n) is 8.10. The number of nitrogens with zero attached hydrogens (tertiary/aromatic N) is 1. The lowest BCUT2D eigenvalue weighted by Crippen LogP contribution is -2.37. The van der Waals surface area contributed by atoms with Crippen molar-refractivity contribution >= 4 is 39.0 Å². The van der Waals surface area contributed by atoms with Crippen LogP contribution in [0.5, 0.6) is 0 Å². The zero-order chi connectivity index (χ0) is 25.2. The lowest BCUT2D eigenvalue weighted by atomic mass is 10.1. The maximum absolute atomic E-state index is 12.6. The first kappa shape index (κ1) is 24.0. The van der Waals surface area contributed by atoms with E-state index in [-0.39, 0.29) is 23.1 Å². The number of nitrogens with two attached hydrogens (primary N) is 1. The van der Waals surface area contributed by atoms with Gasteiger partial charge in [0.25, 0.3) is 0 Å². The van der Waals surface area contributed by atoms with Crippen molar-refractivity contribution in [3.8, 4) is 11.1 Å². The third kappa shape index (κ3) is 5.33. The number of sulfone groups is 1. The highest BCUT2D eigenvalue weighted by atomic mass is 32.2. The summed E-state index contributed by atoms with van der Waals surface area (Å²) in [4.78, 5) is 26.6. The zero-order valence-corrected chi connectivity index (χ0v) is 19.7. The van der Waals surface area contributed by atoms with E-state index < -0.39 is 22.2 Å². The molecule has 180 valence electrons. The average molecular weight is 493 g/mol. The SMILES string of the molecule is CS(=O)(=O)c1ccccc1-c1ccc(NC(=O)OC2CCC(=O)N2c2cccc(C(=N)N)c2)cc1. The van der Waals surface area contributed by atoms with Crippen LogP contribution in [0.3, 0.4) is 0 Å². The number of nitrogen functional groups attached to an aromatic ring is 1. The van der Waals surface area contributed by atoms with Crippen molar-refractivity contribution in [1.82, 2.24) is 0 Å². The summed E-state index contributed by atoms with van der Waals surface area (Å²) in [6.07, 6.45) is 0.173. The van der Waals surface area contributed by atoms with Crippen LogP contribution in [0.2, 0.25) is 0 Å². The second-order valence-corrected chi connectivity index (χ2v) is 10.1. The summed E-state index contributed by atoms with van der Waals surface area (Å²) in [5.41, 5.74) is 8.20. The number of nitrogens with one attached hydrogen (secondary N) is 2. The first-order valence-electron chi connectivity index (χ1n) is 10.8. The Balaban J connectivity index is 1.47. The molecule has 0 radical (unpaired) electrons. The number of benzene rings is 3. The van der Waals surface area contributed by atoms with Crippen molar-refractivity contribution in [3.05, 3.63) is 78.4 Å². The number of carbonyl (C=O) groups is 2. The fraction of sp³-hybridized carbons (Fsp3) is 0.160. The van der Waals surface area contributed by atoms with Gasteiger partial charge in [-0.25, -0.2) is 13.2 Å². The third-order valence-electron chi connectivity index (χ3n) is 5.57. The summed E-state index contributed by atoms with van der Waals surface area (Å²) in [5, 5.41) is 10.2. The molecule has 3 aromatic carbocycles. The van der Waals surface area contributed by atoms with Crippen molar-refractivity contribution in [2.75, 3.05) is 16.5 Å². The van der Waals surface area contributed by atoms with Crippen LogP contribution in [0.4, 0.5) is 16.2 Å². The molecule has 1 unspecified atom stereocenters. The van der Waals surface area contributed by atoms with E-state index >= 15 is 0 Å². The molecule has 1 saturated heterocycles. The van der Waals surface area contributed by atoms with Crippen molar-refractivity contribution in [2.45, 2.75) is 24.0 Å². The van der Waals surface area contributed by atoms with E-state index in [2.05, 4.69) is 5.32 Å². The van der Waals surface area contributed by atoms with E-state index in [9.17, 15) is 18.0 Å². The Hall–Kier alpha value is -4.18. The summed E-state index contributed by atoms with van der Waals surface area (Å²) in [6.45, 7) is 0. The molecule has 0 saturated carbocycles. The number of carbonyl (C=O) groups excluding carboxylic acids is 2. The Labute approximate surface area is 202 Å². The highest BCUT2D eigenvalue weighted by Gasteiger charge is 2.35. The van der Waals surface area contributed by atoms with E-state index in [1.807, 2.05) is 0 Å². The van der Waals surface area contributed by atoms with E-state index in [1.165, 1.54) is 4.90 Å². The molecule has 1 aliphatic heterocycles. The van der Waals surface area contributed by atoms with Gasteiger partial charge in [0.15, 0.2) is 16.1 Å². The molecule has 1 heterocycles. The smallest absolute Gasteiger partial charge is 0.413 e. The Kier molecular flexibility index (Phi) is 6.57. The van der Waals surface area contributed by atoms with E-state index in [0.29, 0.717) is 34.5 Å². The van der Waals surface area contributed by atoms with Gasteiger partial charge in [-0.05, 0) is 35.9 Å². The number of rotatable bonds is 6. The molecule has 0 aliphatic carbocycles. The number of amidine groups is 1. The van der Waals surface area contributed by atoms with Gasteiger partial charge in [-0.15, -0.1) is 0 Å². The molecule has 35 heavy (non-hydrogen) atoms. The van der Waals surface area contributed by atoms with E-state index in [1.54, 1.807) is 72.8 Å². The Morgan fingerprint density at radius 1 is 1.09 bits per heavy atom. The molecule has 0 aromatic heterocycles. The minimum absolute atomic E-state index is 0.128. The van der Waals surface area contributed by atoms with Gasteiger partial charge in [0, 0.05) is 41.6 Å². The standard InChI is InChI=1S/C25H24N4O5S/c1-35(32,33)21-8-3-2-7-20(21)16-9-11-18(12-10-16)28-25(31)34-23-14-13-22(30)29(23)19-6-4-5-17(15-19)24(26)27/h2-12,15,23H,13-14H2,1H3,(H3,26,27)(H,28,31). The minimum atomic E-state index is -3.41. The number of amides is 2.